The lowest BCUT2D eigenvalue weighted by Crippen LogP contribution is -1.96. The van der Waals surface area contributed by atoms with Crippen LogP contribution in [-0.2, 0) is 4.79 Å². The average molecular weight is 339 g/mol. The molecule has 1 radical (unpaired) electrons. The van der Waals surface area contributed by atoms with Crippen LogP contribution in [0.4, 0.5) is 0 Å². The van der Waals surface area contributed by atoms with Gasteiger partial charge in [0.1, 0.15) is 0 Å². The van der Waals surface area contributed by atoms with Gasteiger partial charge in [-0.1, -0.05) is 122 Å². The van der Waals surface area contributed by atoms with Crippen LogP contribution < -0.4 is 5.73 Å². The van der Waals surface area contributed by atoms with Crippen LogP contribution in [0.25, 0.3) is 0 Å². The van der Waals surface area contributed by atoms with Gasteiger partial charge < -0.3 is 0 Å². The van der Waals surface area contributed by atoms with Gasteiger partial charge in [-0.3, -0.25) is 10.5 Å². The van der Waals surface area contributed by atoms with E-state index >= 15 is 0 Å². The molecule has 0 aliphatic rings. The van der Waals surface area contributed by atoms with Crippen molar-refractivity contribution >= 4 is 5.91 Å². The standard InChI is InChI=1S/C22H44NO/c1-2-3-4-5-6-7-8-9-10-11-12-13-14-15-16-17-18-19-20-21-22(23)24/h23H,2-21H2,1H3. The lowest BCUT2D eigenvalue weighted by Gasteiger charge is -2.03. The Labute approximate surface area is 152 Å². The Kier molecular flexibility index (Phi) is 20.1. The van der Waals surface area contributed by atoms with Gasteiger partial charge in [0.2, 0.25) is 5.91 Å². The molecule has 0 fully saturated rings. The lowest BCUT2D eigenvalue weighted by atomic mass is 10.0. The van der Waals surface area contributed by atoms with Gasteiger partial charge in [-0.15, -0.1) is 0 Å². The summed E-state index contributed by atoms with van der Waals surface area (Å²) in [6.07, 6.45) is 26.4. The molecule has 0 bridgehead atoms. The molecular weight excluding hydrogens is 294 g/mol. The fourth-order valence-electron chi connectivity index (χ4n) is 3.36. The van der Waals surface area contributed by atoms with E-state index in [1.807, 2.05) is 0 Å². The van der Waals surface area contributed by atoms with E-state index in [0.717, 1.165) is 12.8 Å². The zero-order valence-corrected chi connectivity index (χ0v) is 16.6. The maximum absolute atomic E-state index is 10.5. The van der Waals surface area contributed by atoms with Crippen molar-refractivity contribution in [1.29, 1.82) is 0 Å². The first-order valence-corrected chi connectivity index (χ1v) is 11.0. The van der Waals surface area contributed by atoms with Crippen LogP contribution in [0, 0.1) is 0 Å². The van der Waals surface area contributed by atoms with E-state index in [-0.39, 0.29) is 0 Å². The molecule has 0 rings (SSSR count). The first-order chi connectivity index (χ1) is 11.8. The molecule has 1 N–H and O–H groups in total. The summed E-state index contributed by atoms with van der Waals surface area (Å²) in [7, 11) is 0. The molecule has 0 aliphatic carbocycles. The number of carbonyl (C=O) groups is 1. The number of rotatable bonds is 20. The van der Waals surface area contributed by atoms with E-state index in [9.17, 15) is 4.79 Å². The molecule has 0 aliphatic heterocycles. The van der Waals surface area contributed by atoms with E-state index in [0.29, 0.717) is 6.42 Å². The summed E-state index contributed by atoms with van der Waals surface area (Å²) in [5.74, 6) is -0.401. The summed E-state index contributed by atoms with van der Waals surface area (Å²) in [6, 6.07) is 0. The molecule has 0 saturated heterocycles. The molecule has 1 amide bonds. The van der Waals surface area contributed by atoms with Gasteiger partial charge in [0, 0.05) is 6.42 Å². The maximum atomic E-state index is 10.5. The molecule has 0 spiro atoms. The highest BCUT2D eigenvalue weighted by Crippen LogP contribution is 2.14. The van der Waals surface area contributed by atoms with Crippen molar-refractivity contribution in [2.45, 2.75) is 135 Å². The Hall–Kier alpha value is -0.530. The predicted octanol–water partition coefficient (Wildman–Crippen LogP) is 7.62. The van der Waals surface area contributed by atoms with Crippen molar-refractivity contribution < 1.29 is 4.79 Å². The number of hydrogen-bond acceptors (Lipinski definition) is 1. The second-order valence-corrected chi connectivity index (χ2v) is 7.54. The Morgan fingerprint density at radius 3 is 1.00 bits per heavy atom. The summed E-state index contributed by atoms with van der Waals surface area (Å²) in [5.41, 5.74) is 6.84. The van der Waals surface area contributed by atoms with Crippen molar-refractivity contribution in [2.75, 3.05) is 0 Å². The van der Waals surface area contributed by atoms with Crippen molar-refractivity contribution in [1.82, 2.24) is 5.73 Å². The number of amides is 1. The Morgan fingerprint density at radius 1 is 0.500 bits per heavy atom. The second-order valence-electron chi connectivity index (χ2n) is 7.54. The summed E-state index contributed by atoms with van der Waals surface area (Å²) in [5, 5.41) is 0. The van der Waals surface area contributed by atoms with E-state index < -0.39 is 5.91 Å². The topological polar surface area (TPSA) is 40.9 Å². The molecule has 0 aromatic heterocycles. The minimum atomic E-state index is -0.401. The lowest BCUT2D eigenvalue weighted by molar-refractivity contribution is -0.118. The summed E-state index contributed by atoms with van der Waals surface area (Å²) in [6.45, 7) is 2.28. The van der Waals surface area contributed by atoms with Crippen molar-refractivity contribution in [2.24, 2.45) is 0 Å². The first kappa shape index (κ1) is 23.5. The van der Waals surface area contributed by atoms with Gasteiger partial charge >= 0.3 is 0 Å². The minimum absolute atomic E-state index is 0.401. The van der Waals surface area contributed by atoms with Gasteiger partial charge in [0.25, 0.3) is 0 Å². The van der Waals surface area contributed by atoms with Gasteiger partial charge in [-0.05, 0) is 6.42 Å². The van der Waals surface area contributed by atoms with Crippen LogP contribution in [-0.4, -0.2) is 5.91 Å². The molecule has 0 heterocycles. The maximum Gasteiger partial charge on any atom is 0.238 e. The summed E-state index contributed by atoms with van der Waals surface area (Å²) >= 11 is 0. The van der Waals surface area contributed by atoms with Crippen LogP contribution in [0.2, 0.25) is 0 Å². The number of nitrogens with one attached hydrogen (secondary N) is 1. The smallest absolute Gasteiger partial charge is 0.238 e. The summed E-state index contributed by atoms with van der Waals surface area (Å²) < 4.78 is 0. The fraction of sp³-hybridized carbons (Fsp3) is 0.955. The van der Waals surface area contributed by atoms with Crippen LogP contribution in [0.5, 0.6) is 0 Å². The van der Waals surface area contributed by atoms with Crippen molar-refractivity contribution in [3.05, 3.63) is 0 Å². The van der Waals surface area contributed by atoms with Gasteiger partial charge in [-0.25, -0.2) is 0 Å². The van der Waals surface area contributed by atoms with E-state index in [4.69, 9.17) is 5.73 Å². The quantitative estimate of drug-likeness (QED) is 0.210. The number of unbranched alkanes of at least 4 members (excludes halogenated alkanes) is 18. The summed E-state index contributed by atoms with van der Waals surface area (Å²) in [4.78, 5) is 10.5. The average Bonchev–Trinajstić information content (AvgIpc) is 2.56. The van der Waals surface area contributed by atoms with E-state index in [1.54, 1.807) is 0 Å². The Bertz CT molecular complexity index is 252. The highest BCUT2D eigenvalue weighted by atomic mass is 16.1. The van der Waals surface area contributed by atoms with E-state index in [1.165, 1.54) is 109 Å². The second kappa shape index (κ2) is 20.5. The van der Waals surface area contributed by atoms with Gasteiger partial charge in [-0.2, -0.15) is 0 Å². The fourth-order valence-corrected chi connectivity index (χ4v) is 3.36. The largest absolute Gasteiger partial charge is 0.273 e. The zero-order valence-electron chi connectivity index (χ0n) is 16.6. The molecular formula is C22H44NO. The number of hydrogen-bond donors (Lipinski definition) is 0. The number of carbonyl (C=O) groups excluding carboxylic acids is 1. The minimum Gasteiger partial charge on any atom is -0.273 e. The Morgan fingerprint density at radius 2 is 0.750 bits per heavy atom. The van der Waals surface area contributed by atoms with Crippen LogP contribution >= 0.6 is 0 Å². The highest BCUT2D eigenvalue weighted by molar-refractivity contribution is 5.72. The highest BCUT2D eigenvalue weighted by Gasteiger charge is 1.96. The molecule has 0 saturated carbocycles. The molecule has 2 nitrogen and oxygen atoms in total. The SMILES string of the molecule is CCCCCCCCCCCCCCCCCCCCCC([NH])=O. The van der Waals surface area contributed by atoms with E-state index in [2.05, 4.69) is 6.92 Å². The zero-order chi connectivity index (χ0) is 17.7. The first-order valence-electron chi connectivity index (χ1n) is 11.0. The van der Waals surface area contributed by atoms with Crippen LogP contribution in [0.1, 0.15) is 135 Å². The molecule has 143 valence electrons. The monoisotopic (exact) mass is 338 g/mol. The molecule has 2 heteroatoms. The van der Waals surface area contributed by atoms with Crippen LogP contribution in [0.3, 0.4) is 0 Å². The van der Waals surface area contributed by atoms with Crippen LogP contribution in [0.15, 0.2) is 0 Å². The molecule has 0 unspecified atom stereocenters. The third-order valence-corrected chi connectivity index (χ3v) is 5.01. The third-order valence-electron chi connectivity index (χ3n) is 5.01. The normalized spacial score (nSPS) is 11.0. The predicted molar refractivity (Wildman–Crippen MR) is 106 cm³/mol. The van der Waals surface area contributed by atoms with Crippen molar-refractivity contribution in [3.63, 3.8) is 0 Å². The Balaban J connectivity index is 2.97. The third kappa shape index (κ3) is 21.5. The van der Waals surface area contributed by atoms with Gasteiger partial charge in [0.05, 0.1) is 0 Å². The molecule has 0 aromatic rings. The van der Waals surface area contributed by atoms with Crippen molar-refractivity contribution in [3.8, 4) is 0 Å². The molecule has 0 aromatic carbocycles. The molecule has 0 atom stereocenters. The molecule has 24 heavy (non-hydrogen) atoms. The van der Waals surface area contributed by atoms with Gasteiger partial charge in [0.15, 0.2) is 0 Å².